The van der Waals surface area contributed by atoms with Gasteiger partial charge in [0.25, 0.3) is 0 Å². The minimum atomic E-state index is -3.42. The number of ether oxygens (including phenoxy) is 1. The van der Waals surface area contributed by atoms with Gasteiger partial charge in [-0.3, -0.25) is 0 Å². The summed E-state index contributed by atoms with van der Waals surface area (Å²) in [4.78, 5) is 11.3. The Morgan fingerprint density at radius 3 is 2.73 bits per heavy atom. The van der Waals surface area contributed by atoms with Crippen LogP contribution >= 0.6 is 15.9 Å². The second kappa shape index (κ2) is 7.07. The maximum atomic E-state index is 12.6. The Kier molecular flexibility index (Phi) is 5.37. The third-order valence-corrected chi connectivity index (χ3v) is 5.99. The largest absolute Gasteiger partial charge is 0.466 e. The standard InChI is InChI=1S/C16H15BrO4S/c1-21-16(18)10-8-12-7-9-14(11-15(12)17)22(19,20)13-5-3-2-4-6-13/h2-5,7-11,13H,6H2,1H3/b10-8+. The minimum absolute atomic E-state index is 0.250. The van der Waals surface area contributed by atoms with Crippen LogP contribution in [0.3, 0.4) is 0 Å². The molecule has 1 aromatic carbocycles. The van der Waals surface area contributed by atoms with Crippen LogP contribution < -0.4 is 0 Å². The Hall–Kier alpha value is -1.66. The number of esters is 1. The number of benzene rings is 1. The summed E-state index contributed by atoms with van der Waals surface area (Å²) < 4.78 is 30.2. The van der Waals surface area contributed by atoms with Crippen LogP contribution in [0.2, 0.25) is 0 Å². The summed E-state index contributed by atoms with van der Waals surface area (Å²) in [5, 5.41) is -0.541. The van der Waals surface area contributed by atoms with E-state index >= 15 is 0 Å². The maximum Gasteiger partial charge on any atom is 0.330 e. The van der Waals surface area contributed by atoms with Crippen LogP contribution in [-0.4, -0.2) is 26.7 Å². The highest BCUT2D eigenvalue weighted by Crippen LogP contribution is 2.27. The number of sulfone groups is 1. The van der Waals surface area contributed by atoms with E-state index in [1.807, 2.05) is 12.2 Å². The van der Waals surface area contributed by atoms with Gasteiger partial charge < -0.3 is 4.74 Å². The number of hydrogen-bond acceptors (Lipinski definition) is 4. The van der Waals surface area contributed by atoms with Crippen LogP contribution in [0.1, 0.15) is 12.0 Å². The molecule has 6 heteroatoms. The van der Waals surface area contributed by atoms with E-state index in [9.17, 15) is 13.2 Å². The number of hydrogen-bond donors (Lipinski definition) is 0. The molecule has 0 aromatic heterocycles. The van der Waals surface area contributed by atoms with E-state index in [0.717, 1.165) is 0 Å². The lowest BCUT2D eigenvalue weighted by Gasteiger charge is -2.15. The van der Waals surface area contributed by atoms with Crippen molar-refractivity contribution in [3.8, 4) is 0 Å². The van der Waals surface area contributed by atoms with Crippen molar-refractivity contribution >= 4 is 37.8 Å². The molecule has 1 unspecified atom stereocenters. The Morgan fingerprint density at radius 1 is 1.36 bits per heavy atom. The summed E-state index contributed by atoms with van der Waals surface area (Å²) in [5.41, 5.74) is 0.698. The van der Waals surface area contributed by atoms with Gasteiger partial charge in [0, 0.05) is 10.5 Å². The zero-order valence-electron chi connectivity index (χ0n) is 11.9. The second-order valence-corrected chi connectivity index (χ2v) is 7.69. The third kappa shape index (κ3) is 3.75. The van der Waals surface area contributed by atoms with E-state index in [4.69, 9.17) is 0 Å². The van der Waals surface area contributed by atoms with Crippen LogP contribution in [0.4, 0.5) is 0 Å². The van der Waals surface area contributed by atoms with Crippen LogP contribution in [0.25, 0.3) is 6.08 Å². The first-order valence-electron chi connectivity index (χ1n) is 6.58. The molecule has 0 fully saturated rings. The highest BCUT2D eigenvalue weighted by atomic mass is 79.9. The Bertz CT molecular complexity index is 760. The number of rotatable bonds is 4. The van der Waals surface area contributed by atoms with E-state index in [0.29, 0.717) is 16.5 Å². The summed E-state index contributed by atoms with van der Waals surface area (Å²) in [6, 6.07) is 4.75. The molecule has 1 atom stereocenters. The first kappa shape index (κ1) is 16.7. The third-order valence-electron chi connectivity index (χ3n) is 3.24. The van der Waals surface area contributed by atoms with E-state index in [1.165, 1.54) is 13.2 Å². The van der Waals surface area contributed by atoms with Gasteiger partial charge in [-0.2, -0.15) is 0 Å². The first-order chi connectivity index (χ1) is 10.4. The topological polar surface area (TPSA) is 60.4 Å². The molecule has 0 heterocycles. The van der Waals surface area contributed by atoms with Gasteiger partial charge in [0.15, 0.2) is 9.84 Å². The highest BCUT2D eigenvalue weighted by molar-refractivity contribution is 9.10. The number of carbonyl (C=O) groups excluding carboxylic acids is 1. The average molecular weight is 383 g/mol. The predicted molar refractivity (Wildman–Crippen MR) is 89.1 cm³/mol. The molecule has 1 aliphatic rings. The van der Waals surface area contributed by atoms with Gasteiger partial charge in [0.1, 0.15) is 0 Å². The number of methoxy groups -OCH3 is 1. The maximum absolute atomic E-state index is 12.6. The van der Waals surface area contributed by atoms with E-state index in [-0.39, 0.29) is 4.90 Å². The molecule has 22 heavy (non-hydrogen) atoms. The second-order valence-electron chi connectivity index (χ2n) is 4.67. The molecule has 0 saturated carbocycles. The molecular formula is C16H15BrO4S. The molecule has 0 bridgehead atoms. The van der Waals surface area contributed by atoms with Crippen molar-refractivity contribution in [1.82, 2.24) is 0 Å². The predicted octanol–water partition coefficient (Wildman–Crippen LogP) is 3.29. The lowest BCUT2D eigenvalue weighted by atomic mass is 10.2. The van der Waals surface area contributed by atoms with Crippen molar-refractivity contribution in [3.63, 3.8) is 0 Å². The van der Waals surface area contributed by atoms with Crippen molar-refractivity contribution in [1.29, 1.82) is 0 Å². The molecule has 0 aliphatic heterocycles. The Labute approximate surface area is 138 Å². The smallest absolute Gasteiger partial charge is 0.330 e. The average Bonchev–Trinajstić information content (AvgIpc) is 2.54. The minimum Gasteiger partial charge on any atom is -0.466 e. The number of halogens is 1. The van der Waals surface area contributed by atoms with Crippen molar-refractivity contribution in [2.45, 2.75) is 16.6 Å². The highest BCUT2D eigenvalue weighted by Gasteiger charge is 2.25. The summed E-state index contributed by atoms with van der Waals surface area (Å²) in [7, 11) is -2.13. The fourth-order valence-corrected chi connectivity index (χ4v) is 4.22. The van der Waals surface area contributed by atoms with Gasteiger partial charge in [0.05, 0.1) is 17.3 Å². The molecule has 1 aromatic rings. The number of allylic oxidation sites excluding steroid dienone is 3. The Balaban J connectivity index is 2.29. The molecule has 0 spiro atoms. The summed E-state index contributed by atoms with van der Waals surface area (Å²) in [6.45, 7) is 0. The van der Waals surface area contributed by atoms with E-state index < -0.39 is 21.1 Å². The molecule has 0 saturated heterocycles. The van der Waals surface area contributed by atoms with Gasteiger partial charge in [-0.25, -0.2) is 13.2 Å². The van der Waals surface area contributed by atoms with Gasteiger partial charge in [-0.15, -0.1) is 0 Å². The van der Waals surface area contributed by atoms with E-state index in [1.54, 1.807) is 36.4 Å². The van der Waals surface area contributed by atoms with Crippen LogP contribution in [0.5, 0.6) is 0 Å². The van der Waals surface area contributed by atoms with Crippen molar-refractivity contribution in [2.75, 3.05) is 7.11 Å². The zero-order valence-corrected chi connectivity index (χ0v) is 14.3. The number of carbonyl (C=O) groups is 1. The lowest BCUT2D eigenvalue weighted by molar-refractivity contribution is -0.134. The van der Waals surface area contributed by atoms with Crippen LogP contribution in [0, 0.1) is 0 Å². The fraction of sp³-hybridized carbons (Fsp3) is 0.188. The molecular weight excluding hydrogens is 368 g/mol. The summed E-state index contributed by atoms with van der Waals surface area (Å²) >= 11 is 3.34. The summed E-state index contributed by atoms with van der Waals surface area (Å²) in [5.74, 6) is -0.470. The molecule has 0 N–H and O–H groups in total. The quantitative estimate of drug-likeness (QED) is 0.591. The first-order valence-corrected chi connectivity index (χ1v) is 8.92. The van der Waals surface area contributed by atoms with Crippen molar-refractivity contribution in [2.24, 2.45) is 0 Å². The van der Waals surface area contributed by atoms with Crippen LogP contribution in [-0.2, 0) is 19.4 Å². The van der Waals surface area contributed by atoms with E-state index in [2.05, 4.69) is 20.7 Å². The normalized spacial score (nSPS) is 17.8. The molecule has 4 nitrogen and oxygen atoms in total. The van der Waals surface area contributed by atoms with Gasteiger partial charge in [-0.05, 0) is 30.2 Å². The molecule has 0 amide bonds. The molecule has 2 rings (SSSR count). The van der Waals surface area contributed by atoms with Gasteiger partial charge in [0.2, 0.25) is 0 Å². The Morgan fingerprint density at radius 2 is 2.14 bits per heavy atom. The van der Waals surface area contributed by atoms with Gasteiger partial charge in [-0.1, -0.05) is 46.3 Å². The van der Waals surface area contributed by atoms with Gasteiger partial charge >= 0.3 is 5.97 Å². The fourth-order valence-electron chi connectivity index (χ4n) is 2.01. The molecule has 116 valence electrons. The SMILES string of the molecule is COC(=O)/C=C/c1ccc(S(=O)(=O)C2C=CC=CC2)cc1Br. The molecule has 0 radical (unpaired) electrons. The van der Waals surface area contributed by atoms with Crippen LogP contribution in [0.15, 0.2) is 57.9 Å². The monoisotopic (exact) mass is 382 g/mol. The molecule has 1 aliphatic carbocycles. The zero-order chi connectivity index (χ0) is 16.2. The lowest BCUT2D eigenvalue weighted by Crippen LogP contribution is -2.19. The summed E-state index contributed by atoms with van der Waals surface area (Å²) in [6.07, 6.45) is 10.4. The van der Waals surface area contributed by atoms with Crippen molar-refractivity contribution in [3.05, 3.63) is 58.6 Å². The van der Waals surface area contributed by atoms with Crippen molar-refractivity contribution < 1.29 is 17.9 Å².